The molecule has 0 radical (unpaired) electrons. The Bertz CT molecular complexity index is 258. The highest BCUT2D eigenvalue weighted by Crippen LogP contribution is 2.08. The number of hydrogen-bond acceptors (Lipinski definition) is 6. The number of nitrogens with zero attached hydrogens (tertiary/aromatic N) is 2. The van der Waals surface area contributed by atoms with Crippen LogP contribution in [0.2, 0.25) is 0 Å². The van der Waals surface area contributed by atoms with Crippen molar-refractivity contribution in [2.75, 3.05) is 26.9 Å². The average Bonchev–Trinajstić information content (AvgIpc) is 2.30. The molecular weight excluding hydrogens is 196 g/mol. The third kappa shape index (κ3) is 4.30. The molecule has 0 fully saturated rings. The van der Waals surface area contributed by atoms with Crippen LogP contribution in [0.25, 0.3) is 0 Å². The van der Waals surface area contributed by atoms with Crippen molar-refractivity contribution in [3.8, 4) is 0 Å². The first kappa shape index (κ1) is 12.0. The Morgan fingerprint density at radius 1 is 1.40 bits per heavy atom. The Balaban J connectivity index is 2.36. The first-order valence-corrected chi connectivity index (χ1v) is 4.66. The molecule has 84 valence electrons. The zero-order valence-electron chi connectivity index (χ0n) is 8.72. The maximum absolute atomic E-state index is 5.40. The summed E-state index contributed by atoms with van der Waals surface area (Å²) in [5, 5.41) is 0. The first-order chi connectivity index (χ1) is 7.38. The van der Waals surface area contributed by atoms with Crippen LogP contribution >= 0.6 is 0 Å². The summed E-state index contributed by atoms with van der Waals surface area (Å²) in [7, 11) is 1.63. The molecule has 0 aliphatic heterocycles. The van der Waals surface area contributed by atoms with Crippen molar-refractivity contribution < 1.29 is 9.47 Å². The van der Waals surface area contributed by atoms with Gasteiger partial charge in [-0.15, -0.1) is 0 Å². The number of hydrazine groups is 1. The van der Waals surface area contributed by atoms with Crippen molar-refractivity contribution in [3.63, 3.8) is 0 Å². The Morgan fingerprint density at radius 2 is 2.13 bits per heavy atom. The van der Waals surface area contributed by atoms with Gasteiger partial charge in [0.15, 0.2) is 0 Å². The highest BCUT2D eigenvalue weighted by molar-refractivity contribution is 5.08. The topological polar surface area (TPSA) is 82.3 Å². The summed E-state index contributed by atoms with van der Waals surface area (Å²) in [6, 6.07) is -0.0944. The van der Waals surface area contributed by atoms with Gasteiger partial charge in [-0.2, -0.15) is 0 Å². The van der Waals surface area contributed by atoms with Crippen LogP contribution < -0.4 is 11.3 Å². The van der Waals surface area contributed by atoms with E-state index in [0.29, 0.717) is 19.8 Å². The minimum absolute atomic E-state index is 0.0944. The molecule has 1 atom stereocenters. The van der Waals surface area contributed by atoms with E-state index in [1.54, 1.807) is 19.5 Å². The second-order valence-electron chi connectivity index (χ2n) is 2.96. The second kappa shape index (κ2) is 7.24. The van der Waals surface area contributed by atoms with Crippen molar-refractivity contribution >= 4 is 0 Å². The lowest BCUT2D eigenvalue weighted by molar-refractivity contribution is 0.0585. The molecule has 0 bridgehead atoms. The molecular formula is C9H16N4O2. The molecule has 1 heterocycles. The fourth-order valence-electron chi connectivity index (χ4n) is 1.07. The van der Waals surface area contributed by atoms with Crippen molar-refractivity contribution in [2.24, 2.45) is 5.84 Å². The fraction of sp³-hybridized carbons (Fsp3) is 0.556. The molecule has 1 aromatic heterocycles. The molecule has 0 saturated carbocycles. The van der Waals surface area contributed by atoms with E-state index in [1.165, 1.54) is 6.33 Å². The van der Waals surface area contributed by atoms with Crippen molar-refractivity contribution in [3.05, 3.63) is 24.3 Å². The number of rotatable bonds is 7. The van der Waals surface area contributed by atoms with Crippen LogP contribution in [0.1, 0.15) is 11.6 Å². The predicted molar refractivity (Wildman–Crippen MR) is 54.8 cm³/mol. The van der Waals surface area contributed by atoms with Crippen LogP contribution in [-0.2, 0) is 9.47 Å². The van der Waals surface area contributed by atoms with E-state index >= 15 is 0 Å². The molecule has 0 aromatic carbocycles. The van der Waals surface area contributed by atoms with Crippen LogP contribution in [-0.4, -0.2) is 36.9 Å². The monoisotopic (exact) mass is 212 g/mol. The van der Waals surface area contributed by atoms with Gasteiger partial charge in [-0.3, -0.25) is 11.3 Å². The molecule has 0 aliphatic carbocycles. The molecule has 6 nitrogen and oxygen atoms in total. The standard InChI is InChI=1S/C9H16N4O2/c1-14-2-3-15-6-9(13-10)8-4-11-7-12-5-8/h4-5,7,9,13H,2-3,6,10H2,1H3. The smallest absolute Gasteiger partial charge is 0.115 e. The number of aromatic nitrogens is 2. The Morgan fingerprint density at radius 3 is 2.73 bits per heavy atom. The maximum atomic E-state index is 5.40. The highest BCUT2D eigenvalue weighted by Gasteiger charge is 2.09. The predicted octanol–water partition coefficient (Wildman–Crippen LogP) is -0.356. The zero-order valence-corrected chi connectivity index (χ0v) is 8.72. The van der Waals surface area contributed by atoms with E-state index in [9.17, 15) is 0 Å². The summed E-state index contributed by atoms with van der Waals surface area (Å²) in [6.45, 7) is 1.58. The normalized spacial score (nSPS) is 12.7. The third-order valence-corrected chi connectivity index (χ3v) is 1.90. The summed E-state index contributed by atoms with van der Waals surface area (Å²) < 4.78 is 10.2. The molecule has 3 N–H and O–H groups in total. The quantitative estimate of drug-likeness (QED) is 0.365. The molecule has 0 saturated heterocycles. The number of nitrogens with two attached hydrogens (primary N) is 1. The van der Waals surface area contributed by atoms with E-state index in [-0.39, 0.29) is 6.04 Å². The van der Waals surface area contributed by atoms with E-state index in [1.807, 2.05) is 0 Å². The molecule has 0 amide bonds. The Kier molecular flexibility index (Phi) is 5.79. The van der Waals surface area contributed by atoms with Gasteiger partial charge in [-0.25, -0.2) is 9.97 Å². The van der Waals surface area contributed by atoms with E-state index in [4.69, 9.17) is 15.3 Å². The van der Waals surface area contributed by atoms with Gasteiger partial charge in [0, 0.05) is 25.1 Å². The molecule has 0 aliphatic rings. The zero-order chi connectivity index (χ0) is 10.9. The summed E-state index contributed by atoms with van der Waals surface area (Å²) in [5.74, 6) is 5.40. The number of ether oxygens (including phenoxy) is 2. The van der Waals surface area contributed by atoms with E-state index in [0.717, 1.165) is 5.56 Å². The van der Waals surface area contributed by atoms with Crippen molar-refractivity contribution in [1.82, 2.24) is 15.4 Å². The van der Waals surface area contributed by atoms with Gasteiger partial charge in [-0.05, 0) is 0 Å². The lowest BCUT2D eigenvalue weighted by atomic mass is 10.2. The summed E-state index contributed by atoms with van der Waals surface area (Å²) in [5.41, 5.74) is 3.55. The van der Waals surface area contributed by atoms with Crippen molar-refractivity contribution in [2.45, 2.75) is 6.04 Å². The molecule has 1 unspecified atom stereocenters. The number of hydrogen-bond donors (Lipinski definition) is 2. The van der Waals surface area contributed by atoms with Crippen LogP contribution in [0.4, 0.5) is 0 Å². The van der Waals surface area contributed by atoms with Gasteiger partial charge in [0.05, 0.1) is 25.9 Å². The van der Waals surface area contributed by atoms with Crippen molar-refractivity contribution in [1.29, 1.82) is 0 Å². The summed E-state index contributed by atoms with van der Waals surface area (Å²) >= 11 is 0. The highest BCUT2D eigenvalue weighted by atomic mass is 16.5. The largest absolute Gasteiger partial charge is 0.382 e. The van der Waals surface area contributed by atoms with Crippen LogP contribution in [0.5, 0.6) is 0 Å². The van der Waals surface area contributed by atoms with E-state index < -0.39 is 0 Å². The van der Waals surface area contributed by atoms with Gasteiger partial charge < -0.3 is 9.47 Å². The first-order valence-electron chi connectivity index (χ1n) is 4.66. The Hall–Kier alpha value is -1.08. The van der Waals surface area contributed by atoms with Gasteiger partial charge in [0.2, 0.25) is 0 Å². The number of nitrogens with one attached hydrogen (secondary N) is 1. The van der Waals surface area contributed by atoms with Gasteiger partial charge in [0.1, 0.15) is 6.33 Å². The van der Waals surface area contributed by atoms with Gasteiger partial charge in [0.25, 0.3) is 0 Å². The van der Waals surface area contributed by atoms with Crippen LogP contribution in [0, 0.1) is 0 Å². The minimum atomic E-state index is -0.0944. The molecule has 0 spiro atoms. The fourth-order valence-corrected chi connectivity index (χ4v) is 1.07. The minimum Gasteiger partial charge on any atom is -0.382 e. The SMILES string of the molecule is COCCOCC(NN)c1cncnc1. The van der Waals surface area contributed by atoms with Gasteiger partial charge >= 0.3 is 0 Å². The summed E-state index contributed by atoms with van der Waals surface area (Å²) in [4.78, 5) is 7.82. The molecule has 1 aromatic rings. The van der Waals surface area contributed by atoms with Crippen LogP contribution in [0.15, 0.2) is 18.7 Å². The van der Waals surface area contributed by atoms with E-state index in [2.05, 4.69) is 15.4 Å². The second-order valence-corrected chi connectivity index (χ2v) is 2.96. The lowest BCUT2D eigenvalue weighted by Gasteiger charge is -2.15. The number of methoxy groups -OCH3 is 1. The Labute approximate surface area is 88.8 Å². The third-order valence-electron chi connectivity index (χ3n) is 1.90. The van der Waals surface area contributed by atoms with Gasteiger partial charge in [-0.1, -0.05) is 0 Å². The maximum Gasteiger partial charge on any atom is 0.115 e. The summed E-state index contributed by atoms with van der Waals surface area (Å²) in [6.07, 6.45) is 4.89. The molecule has 1 rings (SSSR count). The molecule has 15 heavy (non-hydrogen) atoms. The average molecular weight is 212 g/mol. The lowest BCUT2D eigenvalue weighted by Crippen LogP contribution is -2.31. The molecule has 6 heteroatoms. The van der Waals surface area contributed by atoms with Crippen LogP contribution in [0.3, 0.4) is 0 Å².